The maximum absolute atomic E-state index is 13.4. The van der Waals surface area contributed by atoms with E-state index in [1.807, 2.05) is 42.5 Å². The number of Topliss-reactive ketones (excluding diaryl/α,β-unsaturated/α-hetero) is 1. The number of fused-ring (bicyclic) bond motifs is 1. The van der Waals surface area contributed by atoms with Crippen LogP contribution in [0.5, 0.6) is 5.75 Å². The third kappa shape index (κ3) is 8.74. The van der Waals surface area contributed by atoms with Gasteiger partial charge in [0.25, 0.3) is 0 Å². The Kier molecular flexibility index (Phi) is 11.6. The lowest BCUT2D eigenvalue weighted by Crippen LogP contribution is -2.41. The van der Waals surface area contributed by atoms with Gasteiger partial charge in [-0.1, -0.05) is 42.5 Å². The molecule has 0 aromatic heterocycles. The summed E-state index contributed by atoms with van der Waals surface area (Å²) in [6.45, 7) is 1.74. The zero-order chi connectivity index (χ0) is 29.1. The van der Waals surface area contributed by atoms with Crippen molar-refractivity contribution in [1.29, 1.82) is 0 Å². The first-order chi connectivity index (χ1) is 20.6. The molecule has 3 heterocycles. The molecule has 3 aliphatic heterocycles. The van der Waals surface area contributed by atoms with E-state index in [1.165, 1.54) is 0 Å². The number of para-hydroxylation sites is 1. The number of rotatable bonds is 13. The maximum atomic E-state index is 13.4. The molecular formula is C33H44O9. The van der Waals surface area contributed by atoms with Crippen LogP contribution in [0.2, 0.25) is 0 Å². The van der Waals surface area contributed by atoms with E-state index in [4.69, 9.17) is 33.5 Å². The van der Waals surface area contributed by atoms with Gasteiger partial charge in [-0.05, 0) is 63.9 Å². The summed E-state index contributed by atoms with van der Waals surface area (Å²) in [5.74, 6) is -0.336. The average Bonchev–Trinajstić information content (AvgIpc) is 3.30. The Morgan fingerprint density at radius 3 is 2.57 bits per heavy atom. The van der Waals surface area contributed by atoms with Crippen LogP contribution in [0.3, 0.4) is 0 Å². The molecule has 2 saturated heterocycles. The van der Waals surface area contributed by atoms with E-state index in [2.05, 4.69) is 6.08 Å². The van der Waals surface area contributed by atoms with Crippen LogP contribution in [-0.2, 0) is 39.9 Å². The van der Waals surface area contributed by atoms with Gasteiger partial charge in [-0.3, -0.25) is 9.59 Å². The predicted molar refractivity (Wildman–Crippen MR) is 154 cm³/mol. The van der Waals surface area contributed by atoms with Gasteiger partial charge in [0.05, 0.1) is 12.7 Å². The Balaban J connectivity index is 1.30. The molecule has 1 aliphatic carbocycles. The first-order valence-electron chi connectivity index (χ1n) is 15.5. The summed E-state index contributed by atoms with van der Waals surface area (Å²) in [6.07, 6.45) is 13.9. The van der Waals surface area contributed by atoms with E-state index in [0.717, 1.165) is 49.8 Å². The molecule has 0 spiro atoms. The highest BCUT2D eigenvalue weighted by Crippen LogP contribution is 2.38. The molecular weight excluding hydrogens is 540 g/mol. The molecule has 0 bridgehead atoms. The minimum atomic E-state index is -0.791. The summed E-state index contributed by atoms with van der Waals surface area (Å²) < 4.78 is 36.8. The molecule has 7 atom stereocenters. The Morgan fingerprint density at radius 2 is 1.81 bits per heavy atom. The fraction of sp³-hybridized carbons (Fsp3) is 0.636. The molecule has 9 nitrogen and oxygen atoms in total. The van der Waals surface area contributed by atoms with Crippen LogP contribution >= 0.6 is 0 Å². The molecule has 9 heteroatoms. The van der Waals surface area contributed by atoms with Gasteiger partial charge < -0.3 is 33.5 Å². The largest absolute Gasteiger partial charge is 0.481 e. The van der Waals surface area contributed by atoms with E-state index in [1.54, 1.807) is 0 Å². The molecule has 5 rings (SSSR count). The molecule has 1 aromatic rings. The van der Waals surface area contributed by atoms with Gasteiger partial charge in [-0.2, -0.15) is 0 Å². The van der Waals surface area contributed by atoms with Crippen molar-refractivity contribution in [2.45, 2.75) is 108 Å². The number of carbonyl (C=O) groups excluding carboxylic acids is 1. The van der Waals surface area contributed by atoms with Gasteiger partial charge >= 0.3 is 5.97 Å². The summed E-state index contributed by atoms with van der Waals surface area (Å²) in [5.41, 5.74) is 0.983. The topological polar surface area (TPSA) is 110 Å². The minimum Gasteiger partial charge on any atom is -0.481 e. The number of allylic oxidation sites excluding steroid dienone is 3. The zero-order valence-electron chi connectivity index (χ0n) is 24.3. The molecule has 1 aromatic carbocycles. The minimum absolute atomic E-state index is 0.0736. The van der Waals surface area contributed by atoms with Gasteiger partial charge in [0.1, 0.15) is 17.6 Å². The van der Waals surface area contributed by atoms with Crippen LogP contribution in [0.25, 0.3) is 0 Å². The van der Waals surface area contributed by atoms with Crippen molar-refractivity contribution in [3.05, 3.63) is 54.1 Å². The average molecular weight is 585 g/mol. The summed E-state index contributed by atoms with van der Waals surface area (Å²) in [4.78, 5) is 24.2. The Hall–Kier alpha value is -2.56. The number of benzene rings is 1. The first-order valence-corrected chi connectivity index (χ1v) is 15.5. The third-order valence-electron chi connectivity index (χ3n) is 8.36. The van der Waals surface area contributed by atoms with Crippen molar-refractivity contribution in [3.8, 4) is 5.75 Å². The Labute approximate surface area is 248 Å². The third-order valence-corrected chi connectivity index (χ3v) is 8.36. The summed E-state index contributed by atoms with van der Waals surface area (Å²) in [6, 6.07) is 7.80. The van der Waals surface area contributed by atoms with Crippen LogP contribution in [0, 0.1) is 11.8 Å². The van der Waals surface area contributed by atoms with E-state index in [0.29, 0.717) is 45.5 Å². The van der Waals surface area contributed by atoms with Crippen molar-refractivity contribution in [1.82, 2.24) is 0 Å². The molecule has 0 radical (unpaired) electrons. The number of carboxylic acids is 1. The number of carboxylic acid groups (broad SMARTS) is 1. The predicted octanol–water partition coefficient (Wildman–Crippen LogP) is 5.71. The molecule has 230 valence electrons. The van der Waals surface area contributed by atoms with E-state index < -0.39 is 18.4 Å². The molecule has 3 unspecified atom stereocenters. The lowest BCUT2D eigenvalue weighted by molar-refractivity contribution is -0.236. The van der Waals surface area contributed by atoms with Crippen LogP contribution < -0.4 is 4.74 Å². The highest BCUT2D eigenvalue weighted by Gasteiger charge is 2.43. The van der Waals surface area contributed by atoms with Crippen LogP contribution in [0.15, 0.2) is 48.6 Å². The Bertz CT molecular complexity index is 1070. The SMILES string of the molecule is O=C(O)CCCC=CC[C@H]1[C@@H](OC2CCCCO2)CC(=O)[C@@H]1C=C[C@@H](OC1CCCCO1)C1OCc2ccccc2O1. The fourth-order valence-electron chi connectivity index (χ4n) is 6.06. The smallest absolute Gasteiger partial charge is 0.303 e. The number of hydrogen-bond donors (Lipinski definition) is 1. The van der Waals surface area contributed by atoms with Crippen molar-refractivity contribution in [2.75, 3.05) is 13.2 Å². The molecule has 1 N–H and O–H groups in total. The summed E-state index contributed by atoms with van der Waals surface area (Å²) in [7, 11) is 0. The van der Waals surface area contributed by atoms with E-state index >= 15 is 0 Å². The van der Waals surface area contributed by atoms with E-state index in [9.17, 15) is 9.59 Å². The molecule has 3 fully saturated rings. The number of carbonyl (C=O) groups is 2. The molecule has 0 amide bonds. The van der Waals surface area contributed by atoms with Gasteiger partial charge in [0.2, 0.25) is 6.29 Å². The zero-order valence-corrected chi connectivity index (χ0v) is 24.3. The second-order valence-electron chi connectivity index (χ2n) is 11.5. The van der Waals surface area contributed by atoms with Crippen LogP contribution in [0.1, 0.15) is 76.2 Å². The van der Waals surface area contributed by atoms with Gasteiger partial charge in [0.15, 0.2) is 12.6 Å². The normalized spacial score (nSPS) is 30.8. The van der Waals surface area contributed by atoms with Crippen molar-refractivity contribution in [2.24, 2.45) is 11.8 Å². The highest BCUT2D eigenvalue weighted by atomic mass is 16.7. The quantitative estimate of drug-likeness (QED) is 0.230. The van der Waals surface area contributed by atoms with Gasteiger partial charge in [-0.25, -0.2) is 0 Å². The second-order valence-corrected chi connectivity index (χ2v) is 11.5. The fourth-order valence-corrected chi connectivity index (χ4v) is 6.06. The first kappa shape index (κ1) is 30.9. The van der Waals surface area contributed by atoms with Crippen molar-refractivity contribution < 1.29 is 43.1 Å². The van der Waals surface area contributed by atoms with Crippen LogP contribution in [0.4, 0.5) is 0 Å². The lowest BCUT2D eigenvalue weighted by atomic mass is 9.90. The lowest BCUT2D eigenvalue weighted by Gasteiger charge is -2.34. The number of ether oxygens (including phenoxy) is 6. The summed E-state index contributed by atoms with van der Waals surface area (Å²) in [5, 5.41) is 8.91. The van der Waals surface area contributed by atoms with Crippen LogP contribution in [-0.4, -0.2) is 61.2 Å². The number of aliphatic carboxylic acids is 1. The second kappa shape index (κ2) is 15.8. The van der Waals surface area contributed by atoms with Crippen molar-refractivity contribution >= 4 is 11.8 Å². The highest BCUT2D eigenvalue weighted by molar-refractivity contribution is 5.86. The van der Waals surface area contributed by atoms with Crippen molar-refractivity contribution in [3.63, 3.8) is 0 Å². The standard InChI is InChI=1S/C33H44O9/c34-26-21-29(41-32-16-8-10-20-38-32)25(12-3-1-2-4-14-30(35)36)24(26)17-18-28(40-31-15-7-9-19-37-31)33-39-22-23-11-5-6-13-27(23)42-33/h1,3,5-6,11,13,17-18,24-25,28-29,31-33H,2,4,7-10,12,14-16,19-22H2,(H,35,36)/t24-,25-,28-,29+,31?,32?,33?/m1/s1. The van der Waals surface area contributed by atoms with Gasteiger partial charge in [0, 0.05) is 43.5 Å². The summed E-state index contributed by atoms with van der Waals surface area (Å²) >= 11 is 0. The molecule has 42 heavy (non-hydrogen) atoms. The van der Waals surface area contributed by atoms with E-state index in [-0.39, 0.29) is 42.7 Å². The molecule has 4 aliphatic rings. The number of ketones is 1. The van der Waals surface area contributed by atoms with Gasteiger partial charge in [-0.15, -0.1) is 0 Å². The number of unbranched alkanes of at least 4 members (excludes halogenated alkanes) is 1. The maximum Gasteiger partial charge on any atom is 0.303 e. The number of hydrogen-bond acceptors (Lipinski definition) is 8. The Morgan fingerprint density at radius 1 is 1.02 bits per heavy atom. The monoisotopic (exact) mass is 584 g/mol. The molecule has 1 saturated carbocycles.